The Labute approximate surface area is 139 Å². The molecule has 1 aliphatic heterocycles. The molecule has 3 aromatic heterocycles. The smallest absolute Gasteiger partial charge is 0.202 e. The van der Waals surface area contributed by atoms with Gasteiger partial charge in [-0.15, -0.1) is 11.3 Å². The number of aromatic amines is 1. The predicted octanol–water partition coefficient (Wildman–Crippen LogP) is 3.14. The van der Waals surface area contributed by atoms with Crippen LogP contribution in [0.4, 0.5) is 5.95 Å². The van der Waals surface area contributed by atoms with Gasteiger partial charge in [-0.3, -0.25) is 0 Å². The maximum absolute atomic E-state index is 4.51. The minimum absolute atomic E-state index is 0.494. The van der Waals surface area contributed by atoms with Crippen LogP contribution in [0.15, 0.2) is 35.8 Å². The van der Waals surface area contributed by atoms with Crippen LogP contribution in [-0.2, 0) is 6.42 Å². The van der Waals surface area contributed by atoms with Crippen LogP contribution in [-0.4, -0.2) is 45.5 Å². The van der Waals surface area contributed by atoms with E-state index in [1.54, 1.807) is 6.20 Å². The number of imidazole rings is 1. The number of anilines is 1. The molecule has 120 valence electrons. The van der Waals surface area contributed by atoms with Crippen molar-refractivity contribution in [2.24, 2.45) is 0 Å². The number of hydrogen-bond donors (Lipinski definition) is 2. The summed E-state index contributed by atoms with van der Waals surface area (Å²) >= 11 is 1.86. The van der Waals surface area contributed by atoms with E-state index in [9.17, 15) is 0 Å². The predicted molar refractivity (Wildman–Crippen MR) is 95.0 cm³/mol. The summed E-state index contributed by atoms with van der Waals surface area (Å²) in [6, 6.07) is 8.80. The SMILES string of the molecule is c1csc(CCN2CCC(Nc3nc4ncccc4[nH]3)CC2)c1. The molecule has 5 nitrogen and oxygen atoms in total. The molecule has 23 heavy (non-hydrogen) atoms. The highest BCUT2D eigenvalue weighted by atomic mass is 32.1. The minimum atomic E-state index is 0.494. The van der Waals surface area contributed by atoms with Gasteiger partial charge in [0.25, 0.3) is 0 Å². The monoisotopic (exact) mass is 327 g/mol. The van der Waals surface area contributed by atoms with Crippen molar-refractivity contribution in [2.75, 3.05) is 25.0 Å². The van der Waals surface area contributed by atoms with Gasteiger partial charge in [0.1, 0.15) is 0 Å². The number of aromatic nitrogens is 3. The second kappa shape index (κ2) is 6.68. The molecule has 0 aliphatic carbocycles. The lowest BCUT2D eigenvalue weighted by Crippen LogP contribution is -2.40. The van der Waals surface area contributed by atoms with Gasteiger partial charge in [0, 0.05) is 36.8 Å². The molecule has 6 heteroatoms. The third-order valence-electron chi connectivity index (χ3n) is 4.44. The number of fused-ring (bicyclic) bond motifs is 1. The van der Waals surface area contributed by atoms with Crippen LogP contribution in [0.25, 0.3) is 11.2 Å². The van der Waals surface area contributed by atoms with Gasteiger partial charge < -0.3 is 15.2 Å². The Hall–Kier alpha value is -1.92. The lowest BCUT2D eigenvalue weighted by molar-refractivity contribution is 0.221. The molecule has 0 amide bonds. The van der Waals surface area contributed by atoms with Gasteiger partial charge in [0.05, 0.1) is 5.52 Å². The lowest BCUT2D eigenvalue weighted by atomic mass is 10.1. The summed E-state index contributed by atoms with van der Waals surface area (Å²) in [5.41, 5.74) is 1.77. The molecule has 3 aromatic rings. The van der Waals surface area contributed by atoms with Gasteiger partial charge in [-0.05, 0) is 42.8 Å². The molecule has 0 bridgehead atoms. The lowest BCUT2D eigenvalue weighted by Gasteiger charge is -2.32. The van der Waals surface area contributed by atoms with E-state index < -0.39 is 0 Å². The van der Waals surface area contributed by atoms with Crippen molar-refractivity contribution in [1.29, 1.82) is 0 Å². The molecular formula is C17H21N5S. The number of H-pyrrole nitrogens is 1. The first-order chi connectivity index (χ1) is 11.4. The number of hydrogen-bond acceptors (Lipinski definition) is 5. The average Bonchev–Trinajstić information content (AvgIpc) is 3.23. The number of likely N-dealkylation sites (tertiary alicyclic amines) is 1. The fourth-order valence-electron chi connectivity index (χ4n) is 3.13. The second-order valence-corrected chi connectivity index (χ2v) is 7.08. The molecule has 1 saturated heterocycles. The Balaban J connectivity index is 1.27. The van der Waals surface area contributed by atoms with Crippen LogP contribution in [0, 0.1) is 0 Å². The highest BCUT2D eigenvalue weighted by molar-refractivity contribution is 7.09. The first-order valence-corrected chi connectivity index (χ1v) is 9.07. The van der Waals surface area contributed by atoms with Gasteiger partial charge in [0.15, 0.2) is 5.65 Å². The van der Waals surface area contributed by atoms with Crippen LogP contribution in [0.5, 0.6) is 0 Å². The Bertz CT molecular complexity index is 710. The number of nitrogens with one attached hydrogen (secondary N) is 2. The standard InChI is InChI=1S/C17H21N5S/c1-4-15-16(18-8-1)21-17(20-15)19-13-5-9-22(10-6-13)11-7-14-3-2-12-23-14/h1-4,8,12-13H,5-7,9-11H2,(H2,18,19,20,21). The molecule has 1 aliphatic rings. The highest BCUT2D eigenvalue weighted by Gasteiger charge is 2.19. The van der Waals surface area contributed by atoms with E-state index in [1.807, 2.05) is 23.5 Å². The Morgan fingerprint density at radius 2 is 2.17 bits per heavy atom. The van der Waals surface area contributed by atoms with Crippen molar-refractivity contribution >= 4 is 28.4 Å². The van der Waals surface area contributed by atoms with Gasteiger partial charge in [-0.1, -0.05) is 6.07 Å². The summed E-state index contributed by atoms with van der Waals surface area (Å²) in [4.78, 5) is 16.1. The molecule has 0 radical (unpaired) electrons. The maximum atomic E-state index is 4.51. The fraction of sp³-hybridized carbons (Fsp3) is 0.412. The number of pyridine rings is 1. The molecule has 0 unspecified atom stereocenters. The Morgan fingerprint density at radius 1 is 1.26 bits per heavy atom. The highest BCUT2D eigenvalue weighted by Crippen LogP contribution is 2.18. The van der Waals surface area contributed by atoms with Crippen molar-refractivity contribution in [3.8, 4) is 0 Å². The second-order valence-electron chi connectivity index (χ2n) is 6.05. The van der Waals surface area contributed by atoms with E-state index >= 15 is 0 Å². The van der Waals surface area contributed by atoms with E-state index in [-0.39, 0.29) is 0 Å². The number of rotatable bonds is 5. The molecule has 1 fully saturated rings. The number of thiophene rings is 1. The summed E-state index contributed by atoms with van der Waals surface area (Å²) in [5, 5.41) is 5.69. The molecule has 0 atom stereocenters. The zero-order chi connectivity index (χ0) is 15.5. The summed E-state index contributed by atoms with van der Waals surface area (Å²) < 4.78 is 0. The molecule has 2 N–H and O–H groups in total. The zero-order valence-corrected chi connectivity index (χ0v) is 13.9. The van der Waals surface area contributed by atoms with Crippen molar-refractivity contribution in [1.82, 2.24) is 19.9 Å². The van der Waals surface area contributed by atoms with Crippen molar-refractivity contribution < 1.29 is 0 Å². The third kappa shape index (κ3) is 3.54. The molecule has 4 rings (SSSR count). The normalized spacial score (nSPS) is 16.9. The molecular weight excluding hydrogens is 306 g/mol. The summed E-state index contributed by atoms with van der Waals surface area (Å²) in [6.07, 6.45) is 5.27. The number of piperidine rings is 1. The first-order valence-electron chi connectivity index (χ1n) is 8.19. The maximum Gasteiger partial charge on any atom is 0.202 e. The molecule has 0 aromatic carbocycles. The van der Waals surface area contributed by atoms with E-state index in [4.69, 9.17) is 0 Å². The van der Waals surface area contributed by atoms with Crippen LogP contribution in [0.3, 0.4) is 0 Å². The third-order valence-corrected chi connectivity index (χ3v) is 5.38. The van der Waals surface area contributed by atoms with E-state index in [0.29, 0.717) is 6.04 Å². The Morgan fingerprint density at radius 3 is 2.96 bits per heavy atom. The van der Waals surface area contributed by atoms with Crippen molar-refractivity contribution in [3.63, 3.8) is 0 Å². The van der Waals surface area contributed by atoms with E-state index in [1.165, 1.54) is 17.8 Å². The fourth-order valence-corrected chi connectivity index (χ4v) is 3.83. The number of nitrogens with zero attached hydrogens (tertiary/aromatic N) is 3. The van der Waals surface area contributed by atoms with E-state index in [2.05, 4.69) is 42.7 Å². The van der Waals surface area contributed by atoms with Crippen LogP contribution in [0.1, 0.15) is 17.7 Å². The molecule has 0 saturated carbocycles. The largest absolute Gasteiger partial charge is 0.353 e. The van der Waals surface area contributed by atoms with Crippen LogP contribution in [0.2, 0.25) is 0 Å². The van der Waals surface area contributed by atoms with E-state index in [0.717, 1.165) is 43.0 Å². The van der Waals surface area contributed by atoms with Gasteiger partial charge in [-0.2, -0.15) is 4.98 Å². The summed E-state index contributed by atoms with van der Waals surface area (Å²) in [6.45, 7) is 3.48. The van der Waals surface area contributed by atoms with Crippen LogP contribution < -0.4 is 5.32 Å². The average molecular weight is 327 g/mol. The van der Waals surface area contributed by atoms with Crippen molar-refractivity contribution in [2.45, 2.75) is 25.3 Å². The first kappa shape index (κ1) is 14.7. The quantitative estimate of drug-likeness (QED) is 0.756. The summed E-state index contributed by atoms with van der Waals surface area (Å²) in [5.74, 6) is 0.843. The van der Waals surface area contributed by atoms with Gasteiger partial charge in [-0.25, -0.2) is 4.98 Å². The topological polar surface area (TPSA) is 56.8 Å². The van der Waals surface area contributed by atoms with Gasteiger partial charge >= 0.3 is 0 Å². The summed E-state index contributed by atoms with van der Waals surface area (Å²) in [7, 11) is 0. The Kier molecular flexibility index (Phi) is 4.26. The van der Waals surface area contributed by atoms with Crippen LogP contribution >= 0.6 is 11.3 Å². The van der Waals surface area contributed by atoms with Gasteiger partial charge in [0.2, 0.25) is 5.95 Å². The molecule has 0 spiro atoms. The van der Waals surface area contributed by atoms with Crippen molar-refractivity contribution in [3.05, 3.63) is 40.7 Å². The zero-order valence-electron chi connectivity index (χ0n) is 13.0. The molecule has 4 heterocycles. The minimum Gasteiger partial charge on any atom is -0.353 e.